The van der Waals surface area contributed by atoms with Crippen LogP contribution in [-0.4, -0.2) is 46.2 Å². The zero-order valence-electron chi connectivity index (χ0n) is 13.3. The van der Waals surface area contributed by atoms with Crippen LogP contribution < -0.4 is 9.47 Å². The van der Waals surface area contributed by atoms with Gasteiger partial charge in [0.2, 0.25) is 12.7 Å². The summed E-state index contributed by atoms with van der Waals surface area (Å²) in [5, 5.41) is 11.8. The number of ether oxygens (including phenoxy) is 2. The molecule has 25 heavy (non-hydrogen) atoms. The van der Waals surface area contributed by atoms with Gasteiger partial charge in [-0.15, -0.1) is 11.3 Å². The summed E-state index contributed by atoms with van der Waals surface area (Å²) in [5.41, 5.74) is 1.55. The van der Waals surface area contributed by atoms with E-state index < -0.39 is 12.0 Å². The van der Waals surface area contributed by atoms with E-state index in [1.165, 1.54) is 16.2 Å². The van der Waals surface area contributed by atoms with Crippen molar-refractivity contribution in [3.05, 3.63) is 29.3 Å². The third-order valence-corrected chi connectivity index (χ3v) is 5.30. The van der Waals surface area contributed by atoms with E-state index in [9.17, 15) is 14.7 Å². The number of benzene rings is 1. The molecule has 1 amide bonds. The fourth-order valence-electron chi connectivity index (χ4n) is 3.13. The van der Waals surface area contributed by atoms with E-state index in [2.05, 4.69) is 4.98 Å². The Hall–Kier alpha value is -2.61. The summed E-state index contributed by atoms with van der Waals surface area (Å²) in [7, 11) is 0. The highest BCUT2D eigenvalue weighted by molar-refractivity contribution is 7.13. The monoisotopic (exact) mass is 360 g/mol. The Labute approximate surface area is 147 Å². The fourth-order valence-corrected chi connectivity index (χ4v) is 3.95. The van der Waals surface area contributed by atoms with Gasteiger partial charge >= 0.3 is 5.97 Å². The molecule has 1 N–H and O–H groups in total. The summed E-state index contributed by atoms with van der Waals surface area (Å²) in [5.74, 6) is 0.272. The first-order valence-corrected chi connectivity index (χ1v) is 8.86. The first-order chi connectivity index (χ1) is 12.1. The molecule has 0 bridgehead atoms. The SMILES string of the molecule is O=C(O)[C@H]1CCCN1C(=O)Cc1csc(-c2ccc3c(c2)OCO3)n1. The van der Waals surface area contributed by atoms with Crippen LogP contribution in [0.3, 0.4) is 0 Å². The van der Waals surface area contributed by atoms with Crippen molar-refractivity contribution in [1.82, 2.24) is 9.88 Å². The zero-order chi connectivity index (χ0) is 17.4. The van der Waals surface area contributed by atoms with Crippen molar-refractivity contribution in [3.63, 3.8) is 0 Å². The minimum absolute atomic E-state index is 0.116. The van der Waals surface area contributed by atoms with Crippen molar-refractivity contribution in [3.8, 4) is 22.1 Å². The van der Waals surface area contributed by atoms with Gasteiger partial charge in [0, 0.05) is 17.5 Å². The number of carboxylic acid groups (broad SMARTS) is 1. The molecular formula is C17H16N2O5S. The van der Waals surface area contributed by atoms with Crippen LogP contribution in [0.15, 0.2) is 23.6 Å². The third kappa shape index (κ3) is 3.05. The minimum Gasteiger partial charge on any atom is -0.480 e. The highest BCUT2D eigenvalue weighted by Crippen LogP contribution is 2.36. The van der Waals surface area contributed by atoms with Crippen molar-refractivity contribution in [2.45, 2.75) is 25.3 Å². The molecule has 0 aliphatic carbocycles. The molecule has 7 nitrogen and oxygen atoms in total. The number of hydrogen-bond donors (Lipinski definition) is 1. The van der Waals surface area contributed by atoms with Crippen LogP contribution in [0.25, 0.3) is 10.6 Å². The first kappa shape index (κ1) is 15.9. The largest absolute Gasteiger partial charge is 0.480 e. The number of carboxylic acids is 1. The molecule has 1 atom stereocenters. The number of nitrogens with zero attached hydrogens (tertiary/aromatic N) is 2. The Bertz CT molecular complexity index is 834. The van der Waals surface area contributed by atoms with Gasteiger partial charge in [0.15, 0.2) is 11.5 Å². The molecule has 2 aromatic rings. The number of hydrogen-bond acceptors (Lipinski definition) is 6. The maximum absolute atomic E-state index is 12.4. The van der Waals surface area contributed by atoms with Gasteiger partial charge in [-0.3, -0.25) is 4.79 Å². The van der Waals surface area contributed by atoms with Gasteiger partial charge < -0.3 is 19.5 Å². The molecular weight excluding hydrogens is 344 g/mol. The van der Waals surface area contributed by atoms with E-state index in [1.807, 2.05) is 23.6 Å². The number of likely N-dealkylation sites (tertiary alicyclic amines) is 1. The average Bonchev–Trinajstić information content (AvgIpc) is 3.33. The average molecular weight is 360 g/mol. The number of carbonyl (C=O) groups is 2. The maximum Gasteiger partial charge on any atom is 0.326 e. The van der Waals surface area contributed by atoms with Gasteiger partial charge in [-0.25, -0.2) is 9.78 Å². The Kier molecular flexibility index (Phi) is 4.04. The second kappa shape index (κ2) is 6.36. The predicted octanol–water partition coefficient (Wildman–Crippen LogP) is 2.16. The number of carbonyl (C=O) groups excluding carboxylic acids is 1. The number of fused-ring (bicyclic) bond motifs is 1. The summed E-state index contributed by atoms with van der Waals surface area (Å²) < 4.78 is 10.7. The number of aliphatic carboxylic acids is 1. The van der Waals surface area contributed by atoms with Crippen LogP contribution in [0.2, 0.25) is 0 Å². The molecule has 0 unspecified atom stereocenters. The van der Waals surface area contributed by atoms with Crippen molar-refractivity contribution in [2.24, 2.45) is 0 Å². The predicted molar refractivity (Wildman–Crippen MR) is 89.7 cm³/mol. The standard InChI is InChI=1S/C17H16N2O5S/c20-15(19-5-1-2-12(19)17(21)22)7-11-8-25-16(18-11)10-3-4-13-14(6-10)24-9-23-13/h3-4,6,8,12H,1-2,5,7,9H2,(H,21,22)/t12-/m1/s1. The molecule has 4 rings (SSSR count). The van der Waals surface area contributed by atoms with Gasteiger partial charge in [0.1, 0.15) is 11.0 Å². The molecule has 2 aliphatic heterocycles. The minimum atomic E-state index is -0.940. The first-order valence-electron chi connectivity index (χ1n) is 7.98. The Balaban J connectivity index is 1.48. The smallest absolute Gasteiger partial charge is 0.326 e. The van der Waals surface area contributed by atoms with Gasteiger partial charge in [-0.05, 0) is 31.0 Å². The Morgan fingerprint density at radius 2 is 2.16 bits per heavy atom. The van der Waals surface area contributed by atoms with Crippen molar-refractivity contribution in [2.75, 3.05) is 13.3 Å². The number of thiazole rings is 1. The van der Waals surface area contributed by atoms with Crippen molar-refractivity contribution >= 4 is 23.2 Å². The van der Waals surface area contributed by atoms with E-state index in [0.717, 1.165) is 17.0 Å². The summed E-state index contributed by atoms with van der Waals surface area (Å²) in [6.07, 6.45) is 1.35. The highest BCUT2D eigenvalue weighted by atomic mass is 32.1. The van der Waals surface area contributed by atoms with Crippen molar-refractivity contribution < 1.29 is 24.2 Å². The van der Waals surface area contributed by atoms with Crippen LogP contribution in [-0.2, 0) is 16.0 Å². The van der Waals surface area contributed by atoms with Gasteiger partial charge in [-0.2, -0.15) is 0 Å². The van der Waals surface area contributed by atoms with Gasteiger partial charge in [0.05, 0.1) is 12.1 Å². The van der Waals surface area contributed by atoms with Crippen LogP contribution in [0, 0.1) is 0 Å². The molecule has 1 aromatic carbocycles. The fraction of sp³-hybridized carbons (Fsp3) is 0.353. The van der Waals surface area contributed by atoms with Gasteiger partial charge in [-0.1, -0.05) is 0 Å². The molecule has 0 saturated carbocycles. The van der Waals surface area contributed by atoms with E-state index in [4.69, 9.17) is 9.47 Å². The van der Waals surface area contributed by atoms with Crippen LogP contribution >= 0.6 is 11.3 Å². The lowest BCUT2D eigenvalue weighted by Crippen LogP contribution is -2.41. The number of aromatic nitrogens is 1. The normalized spacial score (nSPS) is 18.6. The quantitative estimate of drug-likeness (QED) is 0.899. The van der Waals surface area contributed by atoms with Crippen molar-refractivity contribution in [1.29, 1.82) is 0 Å². The van der Waals surface area contributed by atoms with Crippen LogP contribution in [0.1, 0.15) is 18.5 Å². The molecule has 3 heterocycles. The Morgan fingerprint density at radius 1 is 1.32 bits per heavy atom. The molecule has 130 valence electrons. The van der Waals surface area contributed by atoms with E-state index in [-0.39, 0.29) is 19.1 Å². The summed E-state index contributed by atoms with van der Waals surface area (Å²) >= 11 is 1.45. The summed E-state index contributed by atoms with van der Waals surface area (Å²) in [6, 6.07) is 4.90. The lowest BCUT2D eigenvalue weighted by atomic mass is 10.2. The molecule has 0 radical (unpaired) electrons. The second-order valence-electron chi connectivity index (χ2n) is 5.97. The molecule has 2 aliphatic rings. The Morgan fingerprint density at radius 3 is 3.00 bits per heavy atom. The maximum atomic E-state index is 12.4. The van der Waals surface area contributed by atoms with Crippen LogP contribution in [0.5, 0.6) is 11.5 Å². The lowest BCUT2D eigenvalue weighted by molar-refractivity contribution is -0.148. The molecule has 1 aromatic heterocycles. The lowest BCUT2D eigenvalue weighted by Gasteiger charge is -2.20. The molecule has 8 heteroatoms. The number of rotatable bonds is 4. The topological polar surface area (TPSA) is 89.0 Å². The van der Waals surface area contributed by atoms with E-state index in [0.29, 0.717) is 30.2 Å². The van der Waals surface area contributed by atoms with E-state index >= 15 is 0 Å². The second-order valence-corrected chi connectivity index (χ2v) is 6.83. The molecule has 1 fully saturated rings. The van der Waals surface area contributed by atoms with Crippen LogP contribution in [0.4, 0.5) is 0 Å². The summed E-state index contributed by atoms with van der Waals surface area (Å²) in [6.45, 7) is 0.714. The van der Waals surface area contributed by atoms with E-state index in [1.54, 1.807) is 0 Å². The zero-order valence-corrected chi connectivity index (χ0v) is 14.1. The molecule has 0 spiro atoms. The van der Waals surface area contributed by atoms with Gasteiger partial charge in [0.25, 0.3) is 0 Å². The highest BCUT2D eigenvalue weighted by Gasteiger charge is 2.33. The molecule has 1 saturated heterocycles. The third-order valence-electron chi connectivity index (χ3n) is 4.36. The summed E-state index contributed by atoms with van der Waals surface area (Å²) in [4.78, 5) is 29.6. The number of amides is 1.